The van der Waals surface area contributed by atoms with E-state index in [1.165, 1.54) is 19.9 Å². The summed E-state index contributed by atoms with van der Waals surface area (Å²) in [5, 5.41) is 0.407. The lowest BCUT2D eigenvalue weighted by molar-refractivity contribution is -0.135. The van der Waals surface area contributed by atoms with Gasteiger partial charge in [-0.25, -0.2) is 9.79 Å². The number of carbonyl (C=O) groups excluding carboxylic acids is 2. The molecule has 0 saturated heterocycles. The number of halogens is 7. The first-order chi connectivity index (χ1) is 15.3. The molecule has 0 aliphatic carbocycles. The van der Waals surface area contributed by atoms with Crippen molar-refractivity contribution in [2.24, 2.45) is 4.99 Å². The molecule has 0 radical (unpaired) electrons. The molecule has 11 heteroatoms. The van der Waals surface area contributed by atoms with Gasteiger partial charge in [-0.05, 0) is 50.6 Å². The number of hydrogen-bond acceptors (Lipinski definition) is 4. The molecule has 0 amide bonds. The molecule has 2 aromatic rings. The van der Waals surface area contributed by atoms with Gasteiger partial charge in [-0.2, -0.15) is 13.2 Å². The second-order valence-electron chi connectivity index (χ2n) is 6.20. The van der Waals surface area contributed by atoms with Crippen LogP contribution in [0.25, 0.3) is 5.57 Å². The quantitative estimate of drug-likeness (QED) is 0.165. The van der Waals surface area contributed by atoms with E-state index in [9.17, 15) is 22.8 Å². The van der Waals surface area contributed by atoms with Crippen molar-refractivity contribution < 1.29 is 27.5 Å². The number of benzene rings is 2. The van der Waals surface area contributed by atoms with Crippen LogP contribution >= 0.6 is 46.4 Å². The van der Waals surface area contributed by atoms with Gasteiger partial charge in [0, 0.05) is 5.56 Å². The zero-order chi connectivity index (χ0) is 25.3. The Bertz CT molecular complexity index is 1060. The van der Waals surface area contributed by atoms with Crippen LogP contribution < -0.4 is 0 Å². The first-order valence-corrected chi connectivity index (χ1v) is 10.7. The second kappa shape index (κ2) is 13.0. The predicted octanol–water partition coefficient (Wildman–Crippen LogP) is 8.42. The van der Waals surface area contributed by atoms with Crippen LogP contribution in [0.3, 0.4) is 0 Å². The normalized spacial score (nSPS) is 12.1. The van der Waals surface area contributed by atoms with Gasteiger partial charge in [0.15, 0.2) is 0 Å². The standard InChI is InChI=1S/C12H12ClNO3.C10H6Cl3F3/c1-3-17-12(16)8(2)14-11-6-9(7-15)4-5-10(11)13;1-2-6(10(14,15)16)5-3-7(11)9(13)8(12)4-5/h4-7H,3H2,1-2H3;2-4H,1H3/b;6-2-. The third kappa shape index (κ3) is 8.66. The van der Waals surface area contributed by atoms with Gasteiger partial charge in [-0.15, -0.1) is 0 Å². The maximum Gasteiger partial charge on any atom is 0.416 e. The third-order valence-corrected chi connectivity index (χ3v) is 5.37. The van der Waals surface area contributed by atoms with E-state index in [2.05, 4.69) is 4.99 Å². The summed E-state index contributed by atoms with van der Waals surface area (Å²) in [6, 6.07) is 6.92. The number of hydrogen-bond donors (Lipinski definition) is 0. The van der Waals surface area contributed by atoms with Gasteiger partial charge in [0.1, 0.15) is 12.0 Å². The van der Waals surface area contributed by atoms with E-state index in [4.69, 9.17) is 51.1 Å². The van der Waals surface area contributed by atoms with E-state index in [-0.39, 0.29) is 32.9 Å². The van der Waals surface area contributed by atoms with Crippen molar-refractivity contribution in [2.45, 2.75) is 26.9 Å². The Balaban J connectivity index is 0.000000331. The van der Waals surface area contributed by atoms with Crippen LogP contribution in [0.4, 0.5) is 18.9 Å². The lowest BCUT2D eigenvalue weighted by atomic mass is 10.1. The minimum absolute atomic E-state index is 0.00670. The zero-order valence-electron chi connectivity index (χ0n) is 17.6. The highest BCUT2D eigenvalue weighted by Crippen LogP contribution is 2.39. The number of ether oxygens (including phenoxy) is 1. The van der Waals surface area contributed by atoms with E-state index in [0.29, 0.717) is 22.6 Å². The number of alkyl halides is 3. The molecular weight excluding hydrogens is 525 g/mol. The monoisotopic (exact) mass is 541 g/mol. The molecule has 33 heavy (non-hydrogen) atoms. The van der Waals surface area contributed by atoms with Crippen LogP contribution in [0, 0.1) is 0 Å². The van der Waals surface area contributed by atoms with Crippen LogP contribution in [0.15, 0.2) is 41.4 Å². The molecule has 0 spiro atoms. The zero-order valence-corrected chi connectivity index (χ0v) is 20.6. The molecule has 0 aliphatic heterocycles. The number of carbonyl (C=O) groups is 2. The van der Waals surface area contributed by atoms with Crippen molar-refractivity contribution in [3.8, 4) is 0 Å². The van der Waals surface area contributed by atoms with Gasteiger partial charge >= 0.3 is 12.1 Å². The first kappa shape index (κ1) is 29.0. The van der Waals surface area contributed by atoms with Gasteiger partial charge < -0.3 is 4.74 Å². The molecule has 0 atom stereocenters. The van der Waals surface area contributed by atoms with Crippen molar-refractivity contribution in [3.05, 3.63) is 67.6 Å². The Labute approximate surface area is 208 Å². The van der Waals surface area contributed by atoms with E-state index in [1.54, 1.807) is 19.1 Å². The maximum absolute atomic E-state index is 12.6. The predicted molar refractivity (Wildman–Crippen MR) is 127 cm³/mol. The van der Waals surface area contributed by atoms with Crippen molar-refractivity contribution >= 4 is 75.6 Å². The molecule has 0 fully saturated rings. The Morgan fingerprint density at radius 2 is 1.64 bits per heavy atom. The summed E-state index contributed by atoms with van der Waals surface area (Å²) in [7, 11) is 0. The van der Waals surface area contributed by atoms with Crippen LogP contribution in [-0.4, -0.2) is 30.8 Å². The number of aldehydes is 1. The molecule has 4 nitrogen and oxygen atoms in total. The van der Waals surface area contributed by atoms with Crippen molar-refractivity contribution in [2.75, 3.05) is 6.61 Å². The van der Waals surface area contributed by atoms with Gasteiger partial charge in [-0.1, -0.05) is 58.5 Å². The third-order valence-electron chi connectivity index (χ3n) is 3.85. The number of rotatable bonds is 5. The highest BCUT2D eigenvalue weighted by atomic mass is 35.5. The summed E-state index contributed by atoms with van der Waals surface area (Å²) < 4.78 is 42.5. The maximum atomic E-state index is 12.6. The summed E-state index contributed by atoms with van der Waals surface area (Å²) in [6.07, 6.45) is -2.81. The summed E-state index contributed by atoms with van der Waals surface area (Å²) in [4.78, 5) is 26.0. The fourth-order valence-corrected chi connectivity index (χ4v) is 3.11. The minimum Gasteiger partial charge on any atom is -0.462 e. The van der Waals surface area contributed by atoms with Crippen molar-refractivity contribution in [3.63, 3.8) is 0 Å². The van der Waals surface area contributed by atoms with Gasteiger partial charge in [0.25, 0.3) is 0 Å². The van der Waals surface area contributed by atoms with Gasteiger partial charge in [0.2, 0.25) is 0 Å². The summed E-state index contributed by atoms with van der Waals surface area (Å²) >= 11 is 22.9. The van der Waals surface area contributed by atoms with Crippen LogP contribution in [0.1, 0.15) is 36.7 Å². The SMILES string of the molecule is C/C=C(/c1cc(Cl)c(Cl)c(Cl)c1)C(F)(F)F.CCOC(=O)C(C)=Nc1cc(C=O)ccc1Cl. The van der Waals surface area contributed by atoms with Crippen LogP contribution in [0.2, 0.25) is 20.1 Å². The highest BCUT2D eigenvalue weighted by Gasteiger charge is 2.34. The fourth-order valence-electron chi connectivity index (χ4n) is 2.36. The molecule has 0 bridgehead atoms. The molecule has 0 saturated carbocycles. The Morgan fingerprint density at radius 3 is 2.09 bits per heavy atom. The summed E-state index contributed by atoms with van der Waals surface area (Å²) in [6.45, 7) is 4.82. The average Bonchev–Trinajstić information content (AvgIpc) is 2.73. The first-order valence-electron chi connectivity index (χ1n) is 9.21. The van der Waals surface area contributed by atoms with E-state index < -0.39 is 17.7 Å². The molecule has 0 N–H and O–H groups in total. The molecule has 0 unspecified atom stereocenters. The van der Waals surface area contributed by atoms with Crippen molar-refractivity contribution in [1.29, 1.82) is 0 Å². The molecule has 0 aliphatic rings. The van der Waals surface area contributed by atoms with Crippen LogP contribution in [0.5, 0.6) is 0 Å². The molecule has 178 valence electrons. The lowest BCUT2D eigenvalue weighted by Crippen LogP contribution is -2.13. The Morgan fingerprint density at radius 1 is 1.06 bits per heavy atom. The molecular formula is C22H18Cl4F3NO3. The fraction of sp³-hybridized carbons (Fsp3) is 0.227. The smallest absolute Gasteiger partial charge is 0.416 e. The lowest BCUT2D eigenvalue weighted by Gasteiger charge is -2.12. The average molecular weight is 543 g/mol. The largest absolute Gasteiger partial charge is 0.462 e. The van der Waals surface area contributed by atoms with E-state index in [1.807, 2.05) is 0 Å². The molecule has 0 aromatic heterocycles. The minimum atomic E-state index is -4.45. The number of aliphatic imine (C=N–C) groups is 1. The van der Waals surface area contributed by atoms with Crippen molar-refractivity contribution in [1.82, 2.24) is 0 Å². The number of esters is 1. The van der Waals surface area contributed by atoms with E-state index in [0.717, 1.165) is 18.2 Å². The number of allylic oxidation sites excluding steroid dienone is 2. The second-order valence-corrected chi connectivity index (χ2v) is 7.80. The molecule has 2 aromatic carbocycles. The van der Waals surface area contributed by atoms with E-state index >= 15 is 0 Å². The Hall–Kier alpha value is -2.06. The Kier molecular flexibility index (Phi) is 11.4. The van der Waals surface area contributed by atoms with Gasteiger partial charge in [-0.3, -0.25) is 4.79 Å². The van der Waals surface area contributed by atoms with Crippen LogP contribution in [-0.2, 0) is 9.53 Å². The van der Waals surface area contributed by atoms with Gasteiger partial charge in [0.05, 0.1) is 38.0 Å². The highest BCUT2D eigenvalue weighted by molar-refractivity contribution is 6.48. The molecule has 0 heterocycles. The summed E-state index contributed by atoms with van der Waals surface area (Å²) in [5.41, 5.74) is 0.116. The number of nitrogens with zero attached hydrogens (tertiary/aromatic N) is 1. The summed E-state index contributed by atoms with van der Waals surface area (Å²) in [5.74, 6) is -0.500. The molecule has 2 rings (SSSR count). The topological polar surface area (TPSA) is 55.7 Å².